The van der Waals surface area contributed by atoms with Crippen molar-refractivity contribution >= 4 is 50.7 Å². The van der Waals surface area contributed by atoms with Crippen LogP contribution < -0.4 is 14.4 Å². The van der Waals surface area contributed by atoms with Crippen molar-refractivity contribution in [1.82, 2.24) is 10.2 Å². The fourth-order valence-corrected chi connectivity index (χ4v) is 5.81. The fourth-order valence-electron chi connectivity index (χ4n) is 4.45. The van der Waals surface area contributed by atoms with E-state index in [0.717, 1.165) is 21.7 Å². The van der Waals surface area contributed by atoms with Gasteiger partial charge in [0.1, 0.15) is 18.3 Å². The minimum absolute atomic E-state index is 0.130. The highest BCUT2D eigenvalue weighted by Gasteiger charge is 2.35. The molecule has 0 saturated carbocycles. The van der Waals surface area contributed by atoms with E-state index in [-0.39, 0.29) is 24.4 Å². The predicted octanol–water partition coefficient (Wildman–Crippen LogP) is 5.63. The van der Waals surface area contributed by atoms with Gasteiger partial charge in [0.15, 0.2) is 0 Å². The summed E-state index contributed by atoms with van der Waals surface area (Å²) in [5, 5.41) is 3.61. The van der Waals surface area contributed by atoms with E-state index in [1.807, 2.05) is 58.0 Å². The molecule has 11 heteroatoms. The molecule has 0 aliphatic rings. The van der Waals surface area contributed by atoms with Gasteiger partial charge in [-0.05, 0) is 63.1 Å². The monoisotopic (exact) mass is 633 g/mol. The molecule has 0 fully saturated rings. The molecule has 42 heavy (non-hydrogen) atoms. The van der Waals surface area contributed by atoms with Crippen LogP contribution in [0.4, 0.5) is 5.69 Å². The number of sulfonamides is 1. The number of ether oxygens (including phenoxy) is 1. The molecule has 0 bridgehead atoms. The van der Waals surface area contributed by atoms with Gasteiger partial charge in [0.25, 0.3) is 0 Å². The Hall–Kier alpha value is -3.27. The maximum Gasteiger partial charge on any atom is 0.244 e. The summed E-state index contributed by atoms with van der Waals surface area (Å²) < 4.78 is 32.6. The number of carbonyl (C=O) groups excluding carboxylic acids is 2. The van der Waals surface area contributed by atoms with Crippen molar-refractivity contribution in [3.8, 4) is 5.75 Å². The molecular weight excluding hydrogens is 597 g/mol. The van der Waals surface area contributed by atoms with Gasteiger partial charge < -0.3 is 15.0 Å². The van der Waals surface area contributed by atoms with Crippen LogP contribution in [0.2, 0.25) is 10.0 Å². The first kappa shape index (κ1) is 33.2. The van der Waals surface area contributed by atoms with Crippen LogP contribution in [0, 0.1) is 6.92 Å². The van der Waals surface area contributed by atoms with Gasteiger partial charge in [-0.2, -0.15) is 0 Å². The lowest BCUT2D eigenvalue weighted by Gasteiger charge is -2.35. The number of hydrogen-bond acceptors (Lipinski definition) is 5. The summed E-state index contributed by atoms with van der Waals surface area (Å²) >= 11 is 13.0. The van der Waals surface area contributed by atoms with E-state index < -0.39 is 40.0 Å². The molecule has 0 aliphatic carbocycles. The molecule has 0 spiro atoms. The maximum atomic E-state index is 14.3. The van der Waals surface area contributed by atoms with Gasteiger partial charge in [-0.25, -0.2) is 8.42 Å². The van der Waals surface area contributed by atoms with Gasteiger partial charge in [0, 0.05) is 34.1 Å². The Kier molecular flexibility index (Phi) is 10.9. The van der Waals surface area contributed by atoms with Crippen LogP contribution in [0.5, 0.6) is 5.75 Å². The highest BCUT2D eigenvalue weighted by molar-refractivity contribution is 7.92. The van der Waals surface area contributed by atoms with Gasteiger partial charge in [-0.1, -0.05) is 65.7 Å². The first-order chi connectivity index (χ1) is 19.6. The molecule has 3 aromatic carbocycles. The third-order valence-corrected chi connectivity index (χ3v) is 8.28. The summed E-state index contributed by atoms with van der Waals surface area (Å²) in [5.41, 5.74) is 1.64. The van der Waals surface area contributed by atoms with E-state index in [4.69, 9.17) is 27.9 Å². The predicted molar refractivity (Wildman–Crippen MR) is 169 cm³/mol. The quantitative estimate of drug-likeness (QED) is 0.295. The Morgan fingerprint density at radius 3 is 2.14 bits per heavy atom. The first-order valence-electron chi connectivity index (χ1n) is 13.3. The summed E-state index contributed by atoms with van der Waals surface area (Å²) in [7, 11) is -2.54. The number of methoxy groups -OCH3 is 1. The zero-order chi connectivity index (χ0) is 31.2. The molecule has 0 aliphatic heterocycles. The second-order valence-electron chi connectivity index (χ2n) is 11.1. The van der Waals surface area contributed by atoms with Crippen LogP contribution in [-0.2, 0) is 32.6 Å². The van der Waals surface area contributed by atoms with Crippen LogP contribution in [-0.4, -0.2) is 56.6 Å². The van der Waals surface area contributed by atoms with E-state index in [2.05, 4.69) is 5.32 Å². The molecule has 0 heterocycles. The molecule has 0 aromatic heterocycles. The first-order valence-corrected chi connectivity index (χ1v) is 15.9. The normalized spacial score (nSPS) is 12.4. The summed E-state index contributed by atoms with van der Waals surface area (Å²) in [6.07, 6.45) is 1.19. The lowest BCUT2D eigenvalue weighted by molar-refractivity contribution is -0.140. The number of carbonyl (C=O) groups is 2. The van der Waals surface area contributed by atoms with Gasteiger partial charge in [-0.15, -0.1) is 0 Å². The second-order valence-corrected chi connectivity index (χ2v) is 13.8. The summed E-state index contributed by atoms with van der Waals surface area (Å²) in [5.74, 6) is -0.738. The third-order valence-electron chi connectivity index (χ3n) is 6.44. The van der Waals surface area contributed by atoms with Gasteiger partial charge >= 0.3 is 0 Å². The summed E-state index contributed by atoms with van der Waals surface area (Å²) in [6.45, 7) is 6.62. The zero-order valence-corrected chi connectivity index (χ0v) is 27.0. The van der Waals surface area contributed by atoms with Crippen molar-refractivity contribution in [1.29, 1.82) is 0 Å². The van der Waals surface area contributed by atoms with Crippen molar-refractivity contribution in [2.75, 3.05) is 24.2 Å². The topological polar surface area (TPSA) is 96.0 Å². The average Bonchev–Trinajstić information content (AvgIpc) is 2.89. The van der Waals surface area contributed by atoms with Crippen LogP contribution in [0.3, 0.4) is 0 Å². The van der Waals surface area contributed by atoms with Crippen LogP contribution in [0.1, 0.15) is 37.5 Å². The second kappa shape index (κ2) is 13.8. The smallest absolute Gasteiger partial charge is 0.244 e. The van der Waals surface area contributed by atoms with E-state index in [1.54, 1.807) is 36.4 Å². The van der Waals surface area contributed by atoms with Crippen LogP contribution >= 0.6 is 23.2 Å². The molecule has 0 radical (unpaired) electrons. The SMILES string of the molecule is COc1ccc(C)cc1N(CC(=O)N(Cc1c(Cl)cccc1Cl)[C@H](Cc1ccccc1)C(=O)NC(C)(C)C)S(C)(=O)=O. The van der Waals surface area contributed by atoms with Crippen LogP contribution in [0.15, 0.2) is 66.7 Å². The minimum atomic E-state index is -3.97. The standard InChI is InChI=1S/C31H37Cl2N3O5S/c1-21-15-16-28(41-5)26(17-21)36(42(6,39)40)20-29(37)35(19-23-24(32)13-10-14-25(23)33)27(30(38)34-31(2,3)4)18-22-11-8-7-9-12-22/h7-17,27H,18-20H2,1-6H3,(H,34,38)/t27-/m1/s1. The van der Waals surface area contributed by atoms with Crippen molar-refractivity contribution in [2.24, 2.45) is 0 Å². The summed E-state index contributed by atoms with van der Waals surface area (Å²) in [4.78, 5) is 29.5. The number of benzene rings is 3. The largest absolute Gasteiger partial charge is 0.495 e. The third kappa shape index (κ3) is 8.86. The molecule has 3 rings (SSSR count). The number of amides is 2. The van der Waals surface area contributed by atoms with E-state index >= 15 is 0 Å². The molecule has 1 atom stereocenters. The molecular formula is C31H37Cl2N3O5S. The Bertz CT molecular complexity index is 1510. The van der Waals surface area contributed by atoms with Gasteiger partial charge in [-0.3, -0.25) is 13.9 Å². The van der Waals surface area contributed by atoms with E-state index in [0.29, 0.717) is 15.6 Å². The van der Waals surface area contributed by atoms with E-state index in [9.17, 15) is 18.0 Å². The lowest BCUT2D eigenvalue weighted by atomic mass is 10.0. The number of anilines is 1. The fraction of sp³-hybridized carbons (Fsp3) is 0.355. The highest BCUT2D eigenvalue weighted by Crippen LogP contribution is 2.32. The number of rotatable bonds is 11. The Morgan fingerprint density at radius 1 is 0.976 bits per heavy atom. The highest BCUT2D eigenvalue weighted by atomic mass is 35.5. The van der Waals surface area contributed by atoms with Crippen LogP contribution in [0.25, 0.3) is 0 Å². The van der Waals surface area contributed by atoms with Gasteiger partial charge in [0.2, 0.25) is 21.8 Å². The molecule has 0 unspecified atom stereocenters. The number of nitrogens with one attached hydrogen (secondary N) is 1. The number of aryl methyl sites for hydroxylation is 1. The zero-order valence-electron chi connectivity index (χ0n) is 24.6. The minimum Gasteiger partial charge on any atom is -0.495 e. The van der Waals surface area contributed by atoms with Crippen molar-refractivity contribution in [3.63, 3.8) is 0 Å². The van der Waals surface area contributed by atoms with Crippen molar-refractivity contribution < 1.29 is 22.7 Å². The van der Waals surface area contributed by atoms with Crippen molar-refractivity contribution in [2.45, 2.75) is 52.2 Å². The van der Waals surface area contributed by atoms with Gasteiger partial charge in [0.05, 0.1) is 19.1 Å². The number of nitrogens with zero attached hydrogens (tertiary/aromatic N) is 2. The Labute approximate surface area is 258 Å². The molecule has 0 saturated heterocycles. The number of halogens is 2. The summed E-state index contributed by atoms with van der Waals surface area (Å²) in [6, 6.07) is 18.3. The Balaban J connectivity index is 2.16. The Morgan fingerprint density at radius 2 is 1.60 bits per heavy atom. The average molecular weight is 635 g/mol. The molecule has 3 aromatic rings. The maximum absolute atomic E-state index is 14.3. The molecule has 8 nitrogen and oxygen atoms in total. The molecule has 1 N–H and O–H groups in total. The number of hydrogen-bond donors (Lipinski definition) is 1. The molecule has 2 amide bonds. The van der Waals surface area contributed by atoms with E-state index in [1.165, 1.54) is 12.0 Å². The van der Waals surface area contributed by atoms with Crippen molar-refractivity contribution in [3.05, 3.63) is 93.5 Å². The molecule has 226 valence electrons. The lowest BCUT2D eigenvalue weighted by Crippen LogP contribution is -2.56.